The Bertz CT molecular complexity index is 1180. The van der Waals surface area contributed by atoms with Crippen LogP contribution >= 0.6 is 11.6 Å². The van der Waals surface area contributed by atoms with Crippen LogP contribution in [-0.4, -0.2) is 11.0 Å². The number of aliphatic hydroxyl groups excluding tert-OH is 1. The molecular formula is C24H17ClFNO2. The average Bonchev–Trinajstić information content (AvgIpc) is 3.50. The lowest BCUT2D eigenvalue weighted by atomic mass is 9.96. The van der Waals surface area contributed by atoms with Gasteiger partial charge >= 0.3 is 0 Å². The van der Waals surface area contributed by atoms with Gasteiger partial charge in [0.05, 0.1) is 16.3 Å². The first-order chi connectivity index (χ1) is 14.0. The second-order valence-electron chi connectivity index (χ2n) is 7.46. The van der Waals surface area contributed by atoms with Crippen LogP contribution in [0.5, 0.6) is 0 Å². The van der Waals surface area contributed by atoms with E-state index in [1.807, 2.05) is 12.1 Å². The van der Waals surface area contributed by atoms with Gasteiger partial charge in [0.15, 0.2) is 0 Å². The molecular weight excluding hydrogens is 389 g/mol. The molecule has 144 valence electrons. The van der Waals surface area contributed by atoms with Crippen LogP contribution < -0.4 is 5.32 Å². The first-order valence-corrected chi connectivity index (χ1v) is 9.84. The number of anilines is 1. The number of aliphatic hydroxyl groups is 1. The molecule has 0 radical (unpaired) electrons. The van der Waals surface area contributed by atoms with Gasteiger partial charge in [-0.2, -0.15) is 0 Å². The van der Waals surface area contributed by atoms with Gasteiger partial charge in [0.1, 0.15) is 11.6 Å². The van der Waals surface area contributed by atoms with Crippen molar-refractivity contribution in [3.05, 3.63) is 88.2 Å². The highest BCUT2D eigenvalue weighted by Gasteiger charge is 2.30. The summed E-state index contributed by atoms with van der Waals surface area (Å²) in [6.45, 7) is 0. The summed E-state index contributed by atoms with van der Waals surface area (Å²) in [5, 5.41) is 14.0. The van der Waals surface area contributed by atoms with Crippen molar-refractivity contribution < 1.29 is 14.3 Å². The zero-order chi connectivity index (χ0) is 20.1. The molecule has 1 aliphatic carbocycles. The standard InChI is InChI=1S/C24H17ClFNO2/c25-20-12-21-19(11-18(20)15-8-6-14(7-9-15)13-4-5-13)22(24(29)27-21)23(28)16-2-1-3-17(26)10-16/h1-3,6-13,28H,4-5H2,(H,27,29)/b23-22-. The molecule has 1 aliphatic heterocycles. The number of amides is 1. The van der Waals surface area contributed by atoms with Gasteiger partial charge in [-0.15, -0.1) is 0 Å². The smallest absolute Gasteiger partial charge is 0.260 e. The monoisotopic (exact) mass is 405 g/mol. The van der Waals surface area contributed by atoms with Gasteiger partial charge in [-0.05, 0) is 54.2 Å². The fourth-order valence-corrected chi connectivity index (χ4v) is 4.05. The van der Waals surface area contributed by atoms with Crippen LogP contribution in [0.25, 0.3) is 22.5 Å². The third-order valence-electron chi connectivity index (χ3n) is 5.46. The predicted octanol–water partition coefficient (Wildman–Crippen LogP) is 6.40. The minimum absolute atomic E-state index is 0.109. The zero-order valence-corrected chi connectivity index (χ0v) is 16.1. The quantitative estimate of drug-likeness (QED) is 0.391. The number of nitrogens with one attached hydrogen (secondary N) is 1. The normalized spacial score (nSPS) is 17.1. The molecule has 29 heavy (non-hydrogen) atoms. The Kier molecular flexibility index (Phi) is 4.18. The summed E-state index contributed by atoms with van der Waals surface area (Å²) < 4.78 is 13.6. The molecule has 3 aromatic carbocycles. The van der Waals surface area contributed by atoms with Crippen LogP contribution in [-0.2, 0) is 4.79 Å². The van der Waals surface area contributed by atoms with Crippen LogP contribution in [0.3, 0.4) is 0 Å². The van der Waals surface area contributed by atoms with E-state index in [-0.39, 0.29) is 16.9 Å². The molecule has 1 amide bonds. The van der Waals surface area contributed by atoms with Crippen molar-refractivity contribution in [1.29, 1.82) is 0 Å². The Balaban J connectivity index is 1.62. The van der Waals surface area contributed by atoms with Gasteiger partial charge < -0.3 is 10.4 Å². The van der Waals surface area contributed by atoms with E-state index in [1.54, 1.807) is 18.2 Å². The van der Waals surface area contributed by atoms with Crippen molar-refractivity contribution in [2.75, 3.05) is 5.32 Å². The molecule has 0 spiro atoms. The zero-order valence-electron chi connectivity index (χ0n) is 15.4. The van der Waals surface area contributed by atoms with Crippen molar-refractivity contribution in [2.45, 2.75) is 18.8 Å². The Morgan fingerprint density at radius 3 is 2.48 bits per heavy atom. The van der Waals surface area contributed by atoms with Crippen LogP contribution in [0.2, 0.25) is 5.02 Å². The highest BCUT2D eigenvalue weighted by molar-refractivity contribution is 6.38. The fourth-order valence-electron chi connectivity index (χ4n) is 3.78. The molecule has 5 rings (SSSR count). The number of carbonyl (C=O) groups is 1. The highest BCUT2D eigenvalue weighted by Crippen LogP contribution is 2.43. The molecule has 1 heterocycles. The molecule has 2 aliphatic rings. The SMILES string of the molecule is O=C1Nc2cc(Cl)c(-c3ccc(C4CC4)cc3)cc2/C1=C(/O)c1cccc(F)c1. The van der Waals surface area contributed by atoms with Crippen molar-refractivity contribution in [3.8, 4) is 11.1 Å². The van der Waals surface area contributed by atoms with E-state index in [0.717, 1.165) is 11.1 Å². The summed E-state index contributed by atoms with van der Waals surface area (Å²) in [6, 6.07) is 17.3. The molecule has 3 nitrogen and oxygen atoms in total. The van der Waals surface area contributed by atoms with Gasteiger partial charge in [-0.1, -0.05) is 48.0 Å². The van der Waals surface area contributed by atoms with Crippen molar-refractivity contribution in [1.82, 2.24) is 0 Å². The van der Waals surface area contributed by atoms with Gasteiger partial charge in [-0.3, -0.25) is 4.79 Å². The highest BCUT2D eigenvalue weighted by atomic mass is 35.5. The Hall–Kier alpha value is -3.11. The maximum absolute atomic E-state index is 13.6. The molecule has 0 saturated heterocycles. The van der Waals surface area contributed by atoms with Crippen LogP contribution in [0.1, 0.15) is 35.4 Å². The first-order valence-electron chi connectivity index (χ1n) is 9.46. The summed E-state index contributed by atoms with van der Waals surface area (Å²) >= 11 is 6.49. The maximum Gasteiger partial charge on any atom is 0.260 e. The summed E-state index contributed by atoms with van der Waals surface area (Å²) in [5.41, 5.74) is 4.46. The van der Waals surface area contributed by atoms with Gasteiger partial charge in [0.25, 0.3) is 5.91 Å². The number of hydrogen-bond acceptors (Lipinski definition) is 2. The maximum atomic E-state index is 13.6. The second kappa shape index (κ2) is 6.75. The Morgan fingerprint density at radius 2 is 1.79 bits per heavy atom. The lowest BCUT2D eigenvalue weighted by molar-refractivity contribution is -0.110. The van der Waals surface area contributed by atoms with E-state index in [1.165, 1.54) is 36.6 Å². The van der Waals surface area contributed by atoms with E-state index in [2.05, 4.69) is 17.4 Å². The Labute approximate surface area is 172 Å². The molecule has 3 aromatic rings. The first kappa shape index (κ1) is 18.0. The molecule has 0 aromatic heterocycles. The van der Waals surface area contributed by atoms with E-state index >= 15 is 0 Å². The van der Waals surface area contributed by atoms with E-state index in [4.69, 9.17) is 11.6 Å². The third-order valence-corrected chi connectivity index (χ3v) is 5.77. The summed E-state index contributed by atoms with van der Waals surface area (Å²) in [7, 11) is 0. The van der Waals surface area contributed by atoms with Crippen LogP contribution in [0.4, 0.5) is 10.1 Å². The molecule has 5 heteroatoms. The predicted molar refractivity (Wildman–Crippen MR) is 113 cm³/mol. The van der Waals surface area contributed by atoms with Crippen LogP contribution in [0.15, 0.2) is 60.7 Å². The van der Waals surface area contributed by atoms with Crippen molar-refractivity contribution in [3.63, 3.8) is 0 Å². The minimum atomic E-state index is -0.485. The molecule has 0 atom stereocenters. The van der Waals surface area contributed by atoms with Gasteiger partial charge in [0, 0.05) is 16.7 Å². The van der Waals surface area contributed by atoms with Crippen molar-refractivity contribution in [2.24, 2.45) is 0 Å². The van der Waals surface area contributed by atoms with Gasteiger partial charge in [-0.25, -0.2) is 4.39 Å². The molecule has 1 fully saturated rings. The number of hydrogen-bond donors (Lipinski definition) is 2. The van der Waals surface area contributed by atoms with Gasteiger partial charge in [0.2, 0.25) is 0 Å². The number of carbonyl (C=O) groups excluding carboxylic acids is 1. The molecule has 0 bridgehead atoms. The topological polar surface area (TPSA) is 49.3 Å². The third kappa shape index (κ3) is 3.19. The lowest BCUT2D eigenvalue weighted by Gasteiger charge is -2.10. The van der Waals surface area contributed by atoms with E-state index in [0.29, 0.717) is 22.2 Å². The van der Waals surface area contributed by atoms with Crippen LogP contribution in [0, 0.1) is 5.82 Å². The lowest BCUT2D eigenvalue weighted by Crippen LogP contribution is -2.05. The number of fused-ring (bicyclic) bond motifs is 1. The number of halogens is 2. The average molecular weight is 406 g/mol. The van der Waals surface area contributed by atoms with E-state index in [9.17, 15) is 14.3 Å². The summed E-state index contributed by atoms with van der Waals surface area (Å²) in [6.07, 6.45) is 2.47. The largest absolute Gasteiger partial charge is 0.506 e. The minimum Gasteiger partial charge on any atom is -0.506 e. The Morgan fingerprint density at radius 1 is 1.03 bits per heavy atom. The van der Waals surface area contributed by atoms with E-state index < -0.39 is 11.7 Å². The molecule has 0 unspecified atom stereocenters. The number of rotatable bonds is 3. The van der Waals surface area contributed by atoms with Crippen molar-refractivity contribution >= 4 is 34.5 Å². The molecule has 1 saturated carbocycles. The summed E-state index contributed by atoms with van der Waals surface area (Å²) in [5.74, 6) is -0.530. The second-order valence-corrected chi connectivity index (χ2v) is 7.87. The fraction of sp³-hybridized carbons (Fsp3) is 0.125. The number of benzene rings is 3. The molecule has 2 N–H and O–H groups in total. The summed E-state index contributed by atoms with van der Waals surface area (Å²) in [4.78, 5) is 12.6.